The number of benzene rings is 2. The molecular formula is C19H13Cl2NO4S. The summed E-state index contributed by atoms with van der Waals surface area (Å²) in [7, 11) is -3.43. The van der Waals surface area contributed by atoms with E-state index in [-0.39, 0.29) is 21.2 Å². The van der Waals surface area contributed by atoms with Crippen molar-refractivity contribution in [1.82, 2.24) is 4.98 Å². The lowest BCUT2D eigenvalue weighted by molar-refractivity contribution is 0.0735. The van der Waals surface area contributed by atoms with Crippen LogP contribution >= 0.6 is 23.2 Å². The Hall–Kier alpha value is -2.41. The van der Waals surface area contributed by atoms with E-state index in [1.165, 1.54) is 18.2 Å². The number of aromatic nitrogens is 1. The van der Waals surface area contributed by atoms with Crippen molar-refractivity contribution >= 4 is 39.0 Å². The standard InChI is InChI=1S/C19H13Cl2NO4S/c1-27(24,25)13-6-7-14(17(21)11-13)19(23)26-12-5-8-16(20)15(10-12)18-4-2-3-9-22-18/h2-11H,1H3. The maximum Gasteiger partial charge on any atom is 0.345 e. The maximum absolute atomic E-state index is 12.4. The number of rotatable bonds is 4. The molecule has 0 atom stereocenters. The zero-order chi connectivity index (χ0) is 19.6. The average molecular weight is 422 g/mol. The Morgan fingerprint density at radius 3 is 2.41 bits per heavy atom. The summed E-state index contributed by atoms with van der Waals surface area (Å²) in [4.78, 5) is 16.7. The molecule has 0 aliphatic heterocycles. The second-order valence-corrected chi connectivity index (χ2v) is 8.49. The molecule has 0 aliphatic carbocycles. The van der Waals surface area contributed by atoms with Crippen LogP contribution in [0.15, 0.2) is 65.7 Å². The molecule has 0 radical (unpaired) electrons. The summed E-state index contributed by atoms with van der Waals surface area (Å²) in [5.74, 6) is -0.456. The number of hydrogen-bond donors (Lipinski definition) is 0. The van der Waals surface area contributed by atoms with Crippen LogP contribution in [-0.4, -0.2) is 25.6 Å². The van der Waals surface area contributed by atoms with Gasteiger partial charge >= 0.3 is 5.97 Å². The topological polar surface area (TPSA) is 73.3 Å². The van der Waals surface area contributed by atoms with Gasteiger partial charge in [0, 0.05) is 18.0 Å². The summed E-state index contributed by atoms with van der Waals surface area (Å²) in [6.45, 7) is 0. The average Bonchev–Trinajstić information content (AvgIpc) is 2.63. The highest BCUT2D eigenvalue weighted by Gasteiger charge is 2.17. The molecule has 0 bridgehead atoms. The Morgan fingerprint density at radius 2 is 1.78 bits per heavy atom. The van der Waals surface area contributed by atoms with Crippen LogP contribution in [0.25, 0.3) is 11.3 Å². The number of hydrogen-bond acceptors (Lipinski definition) is 5. The molecule has 0 aliphatic rings. The molecule has 0 saturated carbocycles. The molecule has 3 aromatic rings. The first-order chi connectivity index (χ1) is 12.8. The number of pyridine rings is 1. The van der Waals surface area contributed by atoms with Gasteiger partial charge in [0.25, 0.3) is 0 Å². The van der Waals surface area contributed by atoms with E-state index < -0.39 is 15.8 Å². The van der Waals surface area contributed by atoms with E-state index in [0.29, 0.717) is 16.3 Å². The summed E-state index contributed by atoms with van der Waals surface area (Å²) >= 11 is 12.3. The number of halogens is 2. The van der Waals surface area contributed by atoms with Crippen molar-refractivity contribution in [2.75, 3.05) is 6.26 Å². The van der Waals surface area contributed by atoms with Gasteiger partial charge in [-0.2, -0.15) is 0 Å². The lowest BCUT2D eigenvalue weighted by Gasteiger charge is -2.09. The molecule has 27 heavy (non-hydrogen) atoms. The van der Waals surface area contributed by atoms with E-state index >= 15 is 0 Å². The third kappa shape index (κ3) is 4.47. The molecule has 3 rings (SSSR count). The smallest absolute Gasteiger partial charge is 0.345 e. The van der Waals surface area contributed by atoms with E-state index in [4.69, 9.17) is 27.9 Å². The summed E-state index contributed by atoms with van der Waals surface area (Å²) in [6, 6.07) is 14.0. The van der Waals surface area contributed by atoms with Gasteiger partial charge in [-0.05, 0) is 48.5 Å². The zero-order valence-electron chi connectivity index (χ0n) is 14.0. The van der Waals surface area contributed by atoms with Crippen molar-refractivity contribution in [2.45, 2.75) is 4.90 Å². The molecule has 0 spiro atoms. The Balaban J connectivity index is 1.89. The molecule has 0 amide bonds. The van der Waals surface area contributed by atoms with Crippen molar-refractivity contribution in [3.05, 3.63) is 76.4 Å². The molecular weight excluding hydrogens is 409 g/mol. The van der Waals surface area contributed by atoms with Gasteiger partial charge in [-0.25, -0.2) is 13.2 Å². The summed E-state index contributed by atoms with van der Waals surface area (Å²) in [5, 5.41) is 0.450. The fraction of sp³-hybridized carbons (Fsp3) is 0.0526. The van der Waals surface area contributed by atoms with E-state index in [2.05, 4.69) is 4.98 Å². The maximum atomic E-state index is 12.4. The predicted octanol–water partition coefficient (Wildman–Crippen LogP) is 4.68. The van der Waals surface area contributed by atoms with Crippen LogP contribution < -0.4 is 4.74 Å². The lowest BCUT2D eigenvalue weighted by Crippen LogP contribution is -2.10. The summed E-state index contributed by atoms with van der Waals surface area (Å²) in [5.41, 5.74) is 1.30. The van der Waals surface area contributed by atoms with Crippen molar-refractivity contribution in [2.24, 2.45) is 0 Å². The third-order valence-electron chi connectivity index (χ3n) is 3.68. The molecule has 0 N–H and O–H groups in total. The van der Waals surface area contributed by atoms with Crippen LogP contribution in [0.4, 0.5) is 0 Å². The number of carbonyl (C=O) groups is 1. The molecule has 138 valence electrons. The summed E-state index contributed by atoms with van der Waals surface area (Å²) < 4.78 is 28.5. The molecule has 8 heteroatoms. The molecule has 2 aromatic carbocycles. The van der Waals surface area contributed by atoms with Crippen LogP contribution in [0.5, 0.6) is 5.75 Å². The Labute approximate surface area is 166 Å². The largest absolute Gasteiger partial charge is 0.423 e. The van der Waals surface area contributed by atoms with Gasteiger partial charge in [0.1, 0.15) is 5.75 Å². The van der Waals surface area contributed by atoms with Gasteiger partial charge in [0.05, 0.1) is 26.2 Å². The number of sulfone groups is 1. The van der Waals surface area contributed by atoms with E-state index in [1.54, 1.807) is 36.5 Å². The van der Waals surface area contributed by atoms with E-state index in [9.17, 15) is 13.2 Å². The number of nitrogens with zero attached hydrogens (tertiary/aromatic N) is 1. The van der Waals surface area contributed by atoms with Crippen LogP contribution in [0.2, 0.25) is 10.0 Å². The number of ether oxygens (including phenoxy) is 1. The predicted molar refractivity (Wildman–Crippen MR) is 104 cm³/mol. The van der Waals surface area contributed by atoms with Crippen LogP contribution in [-0.2, 0) is 9.84 Å². The third-order valence-corrected chi connectivity index (χ3v) is 5.43. The van der Waals surface area contributed by atoms with Gasteiger partial charge in [-0.1, -0.05) is 29.3 Å². The molecule has 1 heterocycles. The highest BCUT2D eigenvalue weighted by Crippen LogP contribution is 2.31. The van der Waals surface area contributed by atoms with Crippen molar-refractivity contribution in [3.63, 3.8) is 0 Å². The zero-order valence-corrected chi connectivity index (χ0v) is 16.3. The first kappa shape index (κ1) is 19.4. The van der Waals surface area contributed by atoms with E-state index in [0.717, 1.165) is 6.26 Å². The van der Waals surface area contributed by atoms with Gasteiger partial charge in [0.2, 0.25) is 0 Å². The van der Waals surface area contributed by atoms with Gasteiger partial charge in [-0.15, -0.1) is 0 Å². The minimum absolute atomic E-state index is 0.0122. The van der Waals surface area contributed by atoms with Crippen molar-refractivity contribution in [1.29, 1.82) is 0 Å². The minimum atomic E-state index is -3.43. The van der Waals surface area contributed by atoms with Gasteiger partial charge in [-0.3, -0.25) is 4.98 Å². The van der Waals surface area contributed by atoms with Crippen LogP contribution in [0.3, 0.4) is 0 Å². The fourth-order valence-electron chi connectivity index (χ4n) is 2.34. The lowest BCUT2D eigenvalue weighted by atomic mass is 10.1. The highest BCUT2D eigenvalue weighted by atomic mass is 35.5. The Kier molecular flexibility index (Phi) is 5.51. The van der Waals surface area contributed by atoms with Crippen molar-refractivity contribution in [3.8, 4) is 17.0 Å². The van der Waals surface area contributed by atoms with Crippen molar-refractivity contribution < 1.29 is 17.9 Å². The quantitative estimate of drug-likeness (QED) is 0.451. The highest BCUT2D eigenvalue weighted by molar-refractivity contribution is 7.90. The molecule has 5 nitrogen and oxygen atoms in total. The number of esters is 1. The number of carbonyl (C=O) groups excluding carboxylic acids is 1. The monoisotopic (exact) mass is 421 g/mol. The fourth-order valence-corrected chi connectivity index (χ4v) is 3.52. The van der Waals surface area contributed by atoms with Gasteiger partial charge in [0.15, 0.2) is 9.84 Å². The van der Waals surface area contributed by atoms with Gasteiger partial charge < -0.3 is 4.74 Å². The van der Waals surface area contributed by atoms with Crippen LogP contribution in [0.1, 0.15) is 10.4 Å². The SMILES string of the molecule is CS(=O)(=O)c1ccc(C(=O)Oc2ccc(Cl)c(-c3ccccn3)c2)c(Cl)c1. The second-order valence-electron chi connectivity index (χ2n) is 5.66. The van der Waals surface area contributed by atoms with Crippen LogP contribution in [0, 0.1) is 0 Å². The van der Waals surface area contributed by atoms with E-state index in [1.807, 2.05) is 6.07 Å². The summed E-state index contributed by atoms with van der Waals surface area (Å²) in [6.07, 6.45) is 2.69. The first-order valence-corrected chi connectivity index (χ1v) is 10.3. The Morgan fingerprint density at radius 1 is 1.00 bits per heavy atom. The molecule has 0 unspecified atom stereocenters. The minimum Gasteiger partial charge on any atom is -0.423 e. The first-order valence-electron chi connectivity index (χ1n) is 7.68. The molecule has 0 fully saturated rings. The molecule has 0 saturated heterocycles. The molecule has 1 aromatic heterocycles. The normalized spacial score (nSPS) is 11.2. The Bertz CT molecular complexity index is 1120. The second kappa shape index (κ2) is 7.68.